The van der Waals surface area contributed by atoms with Crippen LogP contribution in [0.1, 0.15) is 40.5 Å². The molecule has 3 aromatic rings. The molecule has 0 aliphatic carbocycles. The highest BCUT2D eigenvalue weighted by Gasteiger charge is 2.48. The Morgan fingerprint density at radius 2 is 1.53 bits per heavy atom. The summed E-state index contributed by atoms with van der Waals surface area (Å²) in [6, 6.07) is 15.3. The number of carbonyl (C=O) groups excluding carboxylic acids is 1. The molecule has 0 bridgehead atoms. The first-order valence-corrected chi connectivity index (χ1v) is 9.98. The topological polar surface area (TPSA) is 75.4 Å². The van der Waals surface area contributed by atoms with Crippen molar-refractivity contribution in [3.8, 4) is 5.75 Å². The largest absolute Gasteiger partial charge is 0.502 e. The quantitative estimate of drug-likeness (QED) is 0.667. The third kappa shape index (κ3) is 3.74. The van der Waals surface area contributed by atoms with Crippen molar-refractivity contribution in [3.05, 3.63) is 93.9 Å². The van der Waals surface area contributed by atoms with E-state index in [1.54, 1.807) is 0 Å². The van der Waals surface area contributed by atoms with Gasteiger partial charge in [-0.05, 0) is 18.1 Å². The van der Waals surface area contributed by atoms with E-state index in [2.05, 4.69) is 5.10 Å². The number of amides is 1. The summed E-state index contributed by atoms with van der Waals surface area (Å²) in [4.78, 5) is 25.6. The van der Waals surface area contributed by atoms with Gasteiger partial charge in [0.15, 0.2) is 11.4 Å². The number of hydrogen-bond donors (Lipinski definition) is 1. The van der Waals surface area contributed by atoms with Gasteiger partial charge in [-0.3, -0.25) is 14.3 Å². The molecule has 0 radical (unpaired) electrons. The average molecular weight is 443 g/mol. The molecular weight excluding hydrogens is 423 g/mol. The summed E-state index contributed by atoms with van der Waals surface area (Å²) in [6.45, 7) is 0.576. The first-order chi connectivity index (χ1) is 15.2. The highest BCUT2D eigenvalue weighted by atomic mass is 19.4. The number of benzene rings is 2. The zero-order valence-electron chi connectivity index (χ0n) is 17.0. The van der Waals surface area contributed by atoms with Crippen LogP contribution in [0.5, 0.6) is 5.75 Å². The van der Waals surface area contributed by atoms with Crippen molar-refractivity contribution in [1.29, 1.82) is 0 Å². The van der Waals surface area contributed by atoms with Crippen molar-refractivity contribution in [3.63, 3.8) is 0 Å². The fourth-order valence-electron chi connectivity index (χ4n) is 4.12. The molecule has 1 aromatic heterocycles. The van der Waals surface area contributed by atoms with Crippen LogP contribution in [0, 0.1) is 0 Å². The van der Waals surface area contributed by atoms with Crippen LogP contribution in [0.3, 0.4) is 0 Å². The lowest BCUT2D eigenvalue weighted by atomic mass is 9.83. The van der Waals surface area contributed by atoms with E-state index in [0.717, 1.165) is 24.2 Å². The molecule has 0 spiro atoms. The highest BCUT2D eigenvalue weighted by Crippen LogP contribution is 2.41. The number of carbonyl (C=O) groups is 1. The zero-order valence-corrected chi connectivity index (χ0v) is 17.0. The Kier molecular flexibility index (Phi) is 5.50. The van der Waals surface area contributed by atoms with Crippen molar-refractivity contribution < 1.29 is 23.1 Å². The van der Waals surface area contributed by atoms with Gasteiger partial charge in [-0.1, -0.05) is 60.7 Å². The Balaban J connectivity index is 1.95. The lowest BCUT2D eigenvalue weighted by Gasteiger charge is -2.41. The van der Waals surface area contributed by atoms with Crippen molar-refractivity contribution in [2.24, 2.45) is 0 Å². The van der Waals surface area contributed by atoms with E-state index in [9.17, 15) is 27.9 Å². The second-order valence-corrected chi connectivity index (χ2v) is 7.69. The third-order valence-electron chi connectivity index (χ3n) is 5.79. The van der Waals surface area contributed by atoms with E-state index < -0.39 is 47.0 Å². The van der Waals surface area contributed by atoms with Crippen LogP contribution in [-0.4, -0.2) is 44.5 Å². The van der Waals surface area contributed by atoms with E-state index in [4.69, 9.17) is 0 Å². The minimum Gasteiger partial charge on any atom is -0.502 e. The second kappa shape index (κ2) is 8.14. The van der Waals surface area contributed by atoms with Crippen LogP contribution in [0.25, 0.3) is 0 Å². The van der Waals surface area contributed by atoms with Gasteiger partial charge in [0.25, 0.3) is 5.91 Å². The Morgan fingerprint density at radius 1 is 1.00 bits per heavy atom. The van der Waals surface area contributed by atoms with Gasteiger partial charge in [-0.15, -0.1) is 0 Å². The Hall–Kier alpha value is -3.62. The minimum absolute atomic E-state index is 0.309. The Bertz CT molecular complexity index is 1140. The number of halogens is 3. The van der Waals surface area contributed by atoms with Gasteiger partial charge in [0, 0.05) is 12.5 Å². The molecule has 2 aromatic carbocycles. The van der Waals surface area contributed by atoms with Gasteiger partial charge in [0.1, 0.15) is 6.04 Å². The van der Waals surface area contributed by atoms with Gasteiger partial charge in [0.05, 0.1) is 12.2 Å². The predicted molar refractivity (Wildman–Crippen MR) is 110 cm³/mol. The molecule has 4 rings (SSSR count). The molecule has 0 saturated heterocycles. The lowest BCUT2D eigenvalue weighted by Crippen LogP contribution is -2.54. The molecule has 32 heavy (non-hydrogen) atoms. The maximum Gasteiger partial charge on any atom is 0.408 e. The lowest BCUT2D eigenvalue weighted by molar-refractivity contribution is -0.174. The monoisotopic (exact) mass is 443 g/mol. The smallest absolute Gasteiger partial charge is 0.408 e. The summed E-state index contributed by atoms with van der Waals surface area (Å²) in [5.41, 5.74) is 0.120. The molecule has 166 valence electrons. The molecule has 1 aliphatic rings. The number of aromatic nitrogens is 2. The van der Waals surface area contributed by atoms with Crippen molar-refractivity contribution in [2.75, 3.05) is 6.54 Å². The SMILES string of the molecule is C[C@@H](N1CC(C(c2ccccc2)c2ccccc2)n2ncc(=O)c(O)c2C1=O)C(F)(F)F. The van der Waals surface area contributed by atoms with E-state index in [1.165, 1.54) is 4.68 Å². The number of nitrogens with zero attached hydrogens (tertiary/aromatic N) is 3. The van der Waals surface area contributed by atoms with Crippen LogP contribution in [-0.2, 0) is 0 Å². The van der Waals surface area contributed by atoms with Crippen molar-refractivity contribution in [2.45, 2.75) is 31.1 Å². The number of alkyl halides is 3. The third-order valence-corrected chi connectivity index (χ3v) is 5.79. The van der Waals surface area contributed by atoms with Gasteiger partial charge >= 0.3 is 6.18 Å². The first-order valence-electron chi connectivity index (χ1n) is 9.98. The number of aromatic hydroxyl groups is 1. The standard InChI is InChI=1S/C23H20F3N3O3/c1-14(23(24,25)26)28-13-17(29-20(22(28)32)21(31)18(30)12-27-29)19(15-8-4-2-5-9-15)16-10-6-3-7-11-16/h2-12,14,17,19,31H,13H2,1H3/t14-,17?/m1/s1. The normalized spacial score (nSPS) is 17.3. The number of fused-ring (bicyclic) bond motifs is 1. The zero-order chi connectivity index (χ0) is 23.0. The van der Waals surface area contributed by atoms with Gasteiger partial charge in [0.2, 0.25) is 5.43 Å². The Labute approximate surface area is 181 Å². The van der Waals surface area contributed by atoms with Gasteiger partial charge < -0.3 is 10.0 Å². The summed E-state index contributed by atoms with van der Waals surface area (Å²) in [7, 11) is 0. The van der Waals surface area contributed by atoms with E-state index >= 15 is 0 Å². The fraction of sp³-hybridized carbons (Fsp3) is 0.261. The average Bonchev–Trinajstić information content (AvgIpc) is 2.78. The highest BCUT2D eigenvalue weighted by molar-refractivity contribution is 5.96. The summed E-state index contributed by atoms with van der Waals surface area (Å²) < 4.78 is 42.0. The first kappa shape index (κ1) is 21.6. The molecule has 2 atom stereocenters. The molecule has 1 aliphatic heterocycles. The molecule has 1 unspecified atom stereocenters. The maximum atomic E-state index is 13.6. The Morgan fingerprint density at radius 3 is 2.03 bits per heavy atom. The minimum atomic E-state index is -4.69. The van der Waals surface area contributed by atoms with Crippen LogP contribution in [0.4, 0.5) is 13.2 Å². The summed E-state index contributed by atoms with van der Waals surface area (Å²) in [5.74, 6) is -2.50. The van der Waals surface area contributed by atoms with E-state index in [1.807, 2.05) is 60.7 Å². The molecule has 0 saturated carbocycles. The van der Waals surface area contributed by atoms with Crippen LogP contribution in [0.15, 0.2) is 71.7 Å². The number of rotatable bonds is 4. The van der Waals surface area contributed by atoms with Crippen LogP contribution < -0.4 is 5.43 Å². The van der Waals surface area contributed by atoms with E-state index in [-0.39, 0.29) is 6.54 Å². The van der Waals surface area contributed by atoms with E-state index in [0.29, 0.717) is 4.90 Å². The fourth-order valence-corrected chi connectivity index (χ4v) is 4.12. The van der Waals surface area contributed by atoms with Gasteiger partial charge in [-0.2, -0.15) is 18.3 Å². The summed E-state index contributed by atoms with van der Waals surface area (Å²) in [5, 5.41) is 14.4. The molecule has 9 heteroatoms. The van der Waals surface area contributed by atoms with Crippen LogP contribution in [0.2, 0.25) is 0 Å². The van der Waals surface area contributed by atoms with Gasteiger partial charge in [-0.25, -0.2) is 0 Å². The molecular formula is C23H20F3N3O3. The second-order valence-electron chi connectivity index (χ2n) is 7.69. The molecule has 6 nitrogen and oxygen atoms in total. The molecule has 2 heterocycles. The van der Waals surface area contributed by atoms with Crippen LogP contribution >= 0.6 is 0 Å². The molecule has 1 amide bonds. The van der Waals surface area contributed by atoms with Crippen molar-refractivity contribution >= 4 is 5.91 Å². The van der Waals surface area contributed by atoms with Crippen molar-refractivity contribution in [1.82, 2.24) is 14.7 Å². The maximum absolute atomic E-state index is 13.6. The summed E-state index contributed by atoms with van der Waals surface area (Å²) >= 11 is 0. The number of hydrogen-bond acceptors (Lipinski definition) is 4. The summed E-state index contributed by atoms with van der Waals surface area (Å²) in [6.07, 6.45) is -3.81. The molecule has 0 fully saturated rings. The molecule has 1 N–H and O–H groups in total. The predicted octanol–water partition coefficient (Wildman–Crippen LogP) is 3.73.